The normalized spacial score (nSPS) is 16.3. The number of nitrogens with zero attached hydrogens (tertiary/aromatic N) is 2. The van der Waals surface area contributed by atoms with Crippen LogP contribution in [0.4, 0.5) is 14.6 Å². The molecule has 3 aromatic rings. The highest BCUT2D eigenvalue weighted by Crippen LogP contribution is 2.39. The molecule has 1 atom stereocenters. The van der Waals surface area contributed by atoms with Gasteiger partial charge in [-0.2, -0.15) is 5.10 Å². The zero-order valence-electron chi connectivity index (χ0n) is 13.8. The van der Waals surface area contributed by atoms with E-state index in [0.717, 1.165) is 17.3 Å². The molecule has 0 unspecified atom stereocenters. The van der Waals surface area contributed by atoms with Gasteiger partial charge in [-0.25, -0.2) is 13.5 Å². The average Bonchev–Trinajstić information content (AvgIpc) is 2.99. The van der Waals surface area contributed by atoms with E-state index in [2.05, 4.69) is 10.4 Å². The number of hydrogen-bond acceptors (Lipinski definition) is 2. The molecule has 1 aliphatic rings. The molecule has 1 aromatic heterocycles. The van der Waals surface area contributed by atoms with Crippen LogP contribution in [-0.4, -0.2) is 15.7 Å². The van der Waals surface area contributed by atoms with Crippen LogP contribution < -0.4 is 5.32 Å². The number of carbonyl (C=O) groups excluding carboxylic acids is 1. The number of fused-ring (bicyclic) bond motifs is 1. The molecule has 132 valence electrons. The number of benzene rings is 2. The van der Waals surface area contributed by atoms with Gasteiger partial charge in [0.2, 0.25) is 5.91 Å². The van der Waals surface area contributed by atoms with E-state index in [-0.39, 0.29) is 12.3 Å². The summed E-state index contributed by atoms with van der Waals surface area (Å²) in [6.07, 6.45) is 1.71. The van der Waals surface area contributed by atoms with Crippen LogP contribution in [0, 0.1) is 18.6 Å². The molecule has 0 spiro atoms. The minimum atomic E-state index is -0.675. The van der Waals surface area contributed by atoms with Crippen LogP contribution in [0.15, 0.2) is 42.6 Å². The molecule has 0 saturated heterocycles. The fourth-order valence-electron chi connectivity index (χ4n) is 3.30. The smallest absolute Gasteiger partial charge is 0.226 e. The summed E-state index contributed by atoms with van der Waals surface area (Å²) in [6, 6.07) is 8.71. The third-order valence-corrected chi connectivity index (χ3v) is 4.98. The number of anilines is 1. The summed E-state index contributed by atoms with van der Waals surface area (Å²) in [4.78, 5) is 12.2. The van der Waals surface area contributed by atoms with Crippen LogP contribution in [0.2, 0.25) is 5.02 Å². The van der Waals surface area contributed by atoms with E-state index in [4.69, 9.17) is 11.6 Å². The van der Waals surface area contributed by atoms with Crippen LogP contribution in [0.5, 0.6) is 0 Å². The fraction of sp³-hybridized carbons (Fsp3) is 0.158. The molecule has 0 bridgehead atoms. The number of hydrogen-bond donors (Lipinski definition) is 1. The molecular formula is C19H14ClF2N3O. The maximum absolute atomic E-state index is 13.6. The Labute approximate surface area is 153 Å². The predicted octanol–water partition coefficient (Wildman–Crippen LogP) is 4.59. The summed E-state index contributed by atoms with van der Waals surface area (Å²) in [5.74, 6) is -1.58. The Morgan fingerprint density at radius 2 is 1.96 bits per heavy atom. The van der Waals surface area contributed by atoms with Crippen LogP contribution in [0.1, 0.15) is 29.0 Å². The molecule has 2 heterocycles. The van der Waals surface area contributed by atoms with E-state index in [1.54, 1.807) is 23.0 Å². The van der Waals surface area contributed by atoms with E-state index in [9.17, 15) is 13.6 Å². The van der Waals surface area contributed by atoms with Crippen molar-refractivity contribution in [2.24, 2.45) is 0 Å². The van der Waals surface area contributed by atoms with E-state index in [0.29, 0.717) is 22.0 Å². The summed E-state index contributed by atoms with van der Waals surface area (Å²) in [6.45, 7) is 1.86. The highest BCUT2D eigenvalue weighted by molar-refractivity contribution is 6.31. The van der Waals surface area contributed by atoms with Gasteiger partial charge >= 0.3 is 0 Å². The molecule has 0 radical (unpaired) electrons. The molecule has 1 amide bonds. The second-order valence-corrected chi connectivity index (χ2v) is 6.66. The molecule has 4 rings (SSSR count). The van der Waals surface area contributed by atoms with Crippen molar-refractivity contribution in [2.45, 2.75) is 19.3 Å². The zero-order valence-corrected chi connectivity index (χ0v) is 14.5. The third-order valence-electron chi connectivity index (χ3n) is 4.57. The van der Waals surface area contributed by atoms with Gasteiger partial charge in [-0.3, -0.25) is 4.79 Å². The maximum Gasteiger partial charge on any atom is 0.226 e. The SMILES string of the molecule is Cc1c(Cl)cccc1-n1ncc2c1NC(=O)C[C@H]2c1cc(F)cc(F)c1. The molecule has 1 N–H and O–H groups in total. The first-order valence-corrected chi connectivity index (χ1v) is 8.41. The van der Waals surface area contributed by atoms with Crippen LogP contribution >= 0.6 is 11.6 Å². The molecule has 4 nitrogen and oxygen atoms in total. The van der Waals surface area contributed by atoms with Gasteiger partial charge in [0.1, 0.15) is 17.5 Å². The number of nitrogens with one attached hydrogen (secondary N) is 1. The molecule has 1 aliphatic heterocycles. The van der Waals surface area contributed by atoms with Crippen molar-refractivity contribution < 1.29 is 13.6 Å². The van der Waals surface area contributed by atoms with Gasteiger partial charge in [-0.1, -0.05) is 17.7 Å². The molecule has 26 heavy (non-hydrogen) atoms. The molecule has 0 aliphatic carbocycles. The Hall–Kier alpha value is -2.73. The number of halogens is 3. The Morgan fingerprint density at radius 3 is 2.69 bits per heavy atom. The summed E-state index contributed by atoms with van der Waals surface area (Å²) in [7, 11) is 0. The van der Waals surface area contributed by atoms with Crippen molar-refractivity contribution in [1.29, 1.82) is 0 Å². The lowest BCUT2D eigenvalue weighted by molar-refractivity contribution is -0.116. The Balaban J connectivity index is 1.86. The van der Waals surface area contributed by atoms with Gasteiger partial charge in [0, 0.05) is 29.0 Å². The topological polar surface area (TPSA) is 46.9 Å². The third kappa shape index (κ3) is 2.76. The summed E-state index contributed by atoms with van der Waals surface area (Å²) >= 11 is 6.19. The first kappa shape index (κ1) is 16.7. The number of amides is 1. The monoisotopic (exact) mass is 373 g/mol. The standard InChI is InChI=1S/C19H14ClF2N3O/c1-10-16(20)3-2-4-17(10)25-19-15(9-23-25)14(8-18(26)24-19)11-5-12(21)7-13(22)6-11/h2-7,9,14H,8H2,1H3,(H,24,26)/t14-/m0/s1. The van der Waals surface area contributed by atoms with Crippen LogP contribution in [-0.2, 0) is 4.79 Å². The Kier molecular flexibility index (Phi) is 4.00. The first-order chi connectivity index (χ1) is 12.4. The lowest BCUT2D eigenvalue weighted by atomic mass is 9.87. The number of rotatable bonds is 2. The fourth-order valence-corrected chi connectivity index (χ4v) is 3.47. The zero-order chi connectivity index (χ0) is 18.4. The highest BCUT2D eigenvalue weighted by atomic mass is 35.5. The van der Waals surface area contributed by atoms with E-state index in [1.807, 2.05) is 13.0 Å². The minimum absolute atomic E-state index is 0.0934. The van der Waals surface area contributed by atoms with Gasteiger partial charge in [0.25, 0.3) is 0 Å². The Bertz CT molecular complexity index is 1010. The summed E-state index contributed by atoms with van der Waals surface area (Å²) < 4.78 is 28.9. The second kappa shape index (κ2) is 6.21. The lowest BCUT2D eigenvalue weighted by Crippen LogP contribution is -2.24. The largest absolute Gasteiger partial charge is 0.310 e. The van der Waals surface area contributed by atoms with Crippen molar-refractivity contribution in [3.05, 3.63) is 75.9 Å². The van der Waals surface area contributed by atoms with Gasteiger partial charge in [-0.05, 0) is 42.3 Å². The van der Waals surface area contributed by atoms with Crippen LogP contribution in [0.3, 0.4) is 0 Å². The van der Waals surface area contributed by atoms with Crippen molar-refractivity contribution >= 4 is 23.3 Å². The molecule has 0 fully saturated rings. The maximum atomic E-state index is 13.6. The van der Waals surface area contributed by atoms with Crippen molar-refractivity contribution in [3.8, 4) is 5.69 Å². The summed E-state index contributed by atoms with van der Waals surface area (Å²) in [5.41, 5.74) is 2.65. The number of aromatic nitrogens is 2. The predicted molar refractivity (Wildman–Crippen MR) is 94.8 cm³/mol. The van der Waals surface area contributed by atoms with Crippen molar-refractivity contribution in [3.63, 3.8) is 0 Å². The van der Waals surface area contributed by atoms with E-state index in [1.165, 1.54) is 12.1 Å². The van der Waals surface area contributed by atoms with Gasteiger partial charge in [-0.15, -0.1) is 0 Å². The van der Waals surface area contributed by atoms with Gasteiger partial charge in [0.05, 0.1) is 11.9 Å². The molecule has 7 heteroatoms. The lowest BCUT2D eigenvalue weighted by Gasteiger charge is -2.24. The van der Waals surface area contributed by atoms with E-state index < -0.39 is 17.6 Å². The minimum Gasteiger partial charge on any atom is -0.310 e. The highest BCUT2D eigenvalue weighted by Gasteiger charge is 2.31. The molecule has 0 saturated carbocycles. The first-order valence-electron chi connectivity index (χ1n) is 8.03. The molecule has 2 aromatic carbocycles. The van der Waals surface area contributed by atoms with Gasteiger partial charge < -0.3 is 5.32 Å². The quantitative estimate of drug-likeness (QED) is 0.714. The average molecular weight is 374 g/mol. The van der Waals surface area contributed by atoms with Crippen LogP contribution in [0.25, 0.3) is 5.69 Å². The molecular weight excluding hydrogens is 360 g/mol. The second-order valence-electron chi connectivity index (χ2n) is 6.25. The van der Waals surface area contributed by atoms with Gasteiger partial charge in [0.15, 0.2) is 0 Å². The van der Waals surface area contributed by atoms with Crippen molar-refractivity contribution in [1.82, 2.24) is 9.78 Å². The van der Waals surface area contributed by atoms with Crippen molar-refractivity contribution in [2.75, 3.05) is 5.32 Å². The summed E-state index contributed by atoms with van der Waals surface area (Å²) in [5, 5.41) is 7.78. The number of carbonyl (C=O) groups is 1. The Morgan fingerprint density at radius 1 is 1.23 bits per heavy atom. The van der Waals surface area contributed by atoms with E-state index >= 15 is 0 Å².